The summed E-state index contributed by atoms with van der Waals surface area (Å²) in [4.78, 5) is 0. The number of halogens is 3. The third kappa shape index (κ3) is 15.7. The Morgan fingerprint density at radius 3 is 2.18 bits per heavy atom. The lowest BCUT2D eigenvalue weighted by Crippen LogP contribution is -2.40. The van der Waals surface area contributed by atoms with Crippen molar-refractivity contribution in [3.63, 3.8) is 0 Å². The van der Waals surface area contributed by atoms with Gasteiger partial charge in [-0.05, 0) is 33.7 Å². The molecule has 0 aliphatic carbocycles. The lowest BCUT2D eigenvalue weighted by molar-refractivity contribution is -0.173. The topological polar surface area (TPSA) is 33.3 Å². The van der Waals surface area contributed by atoms with Gasteiger partial charge >= 0.3 is 6.18 Å². The first-order valence-corrected chi connectivity index (χ1v) is 5.81. The molecule has 0 aromatic rings. The maximum atomic E-state index is 11.7. The van der Waals surface area contributed by atoms with E-state index in [1.807, 2.05) is 0 Å². The Bertz CT molecular complexity index is 170. The first-order chi connectivity index (χ1) is 7.71. The summed E-state index contributed by atoms with van der Waals surface area (Å²) >= 11 is 0. The summed E-state index contributed by atoms with van der Waals surface area (Å²) in [6.45, 7) is 7.54. The predicted molar refractivity (Wildman–Crippen MR) is 62.1 cm³/mol. The molecule has 0 aliphatic heterocycles. The van der Waals surface area contributed by atoms with Crippen LogP contribution in [0.25, 0.3) is 0 Å². The zero-order valence-electron chi connectivity index (χ0n) is 10.8. The average molecular weight is 256 g/mol. The van der Waals surface area contributed by atoms with Crippen LogP contribution in [0.1, 0.15) is 27.2 Å². The molecule has 17 heavy (non-hydrogen) atoms. The highest BCUT2D eigenvalue weighted by molar-refractivity contribution is 4.70. The predicted octanol–water partition coefficient (Wildman–Crippen LogP) is 1.93. The molecule has 0 unspecified atom stereocenters. The van der Waals surface area contributed by atoms with Gasteiger partial charge in [0.15, 0.2) is 0 Å². The maximum Gasteiger partial charge on any atom is 0.411 e. The van der Waals surface area contributed by atoms with Crippen molar-refractivity contribution in [3.8, 4) is 0 Å². The van der Waals surface area contributed by atoms with E-state index in [0.29, 0.717) is 13.0 Å². The van der Waals surface area contributed by atoms with Crippen LogP contribution in [0, 0.1) is 0 Å². The number of hydrogen-bond donors (Lipinski definition) is 2. The fourth-order valence-electron chi connectivity index (χ4n) is 1.14. The molecule has 0 heterocycles. The second kappa shape index (κ2) is 7.89. The van der Waals surface area contributed by atoms with E-state index in [0.717, 1.165) is 13.1 Å². The van der Waals surface area contributed by atoms with Crippen LogP contribution in [0.5, 0.6) is 0 Å². The van der Waals surface area contributed by atoms with Crippen LogP contribution in [-0.4, -0.2) is 44.6 Å². The highest BCUT2D eigenvalue weighted by atomic mass is 19.4. The fraction of sp³-hybridized carbons (Fsp3) is 1.00. The molecular weight excluding hydrogens is 233 g/mol. The van der Waals surface area contributed by atoms with Gasteiger partial charge in [0.05, 0.1) is 0 Å². The zero-order valence-corrected chi connectivity index (χ0v) is 10.8. The lowest BCUT2D eigenvalue weighted by atomic mass is 10.1. The van der Waals surface area contributed by atoms with E-state index >= 15 is 0 Å². The number of hydrogen-bond acceptors (Lipinski definition) is 3. The summed E-state index contributed by atoms with van der Waals surface area (Å²) in [5.74, 6) is 0. The molecule has 2 N–H and O–H groups in total. The minimum absolute atomic E-state index is 0.0947. The Morgan fingerprint density at radius 1 is 1.00 bits per heavy atom. The molecule has 104 valence electrons. The molecule has 0 spiro atoms. The van der Waals surface area contributed by atoms with Crippen molar-refractivity contribution in [2.75, 3.05) is 32.8 Å². The highest BCUT2D eigenvalue weighted by Gasteiger charge is 2.27. The van der Waals surface area contributed by atoms with Gasteiger partial charge in [-0.1, -0.05) is 0 Å². The first-order valence-electron chi connectivity index (χ1n) is 5.81. The smallest absolute Gasteiger partial charge is 0.372 e. The molecule has 0 saturated carbocycles. The van der Waals surface area contributed by atoms with Crippen molar-refractivity contribution in [1.29, 1.82) is 0 Å². The molecule has 3 nitrogen and oxygen atoms in total. The van der Waals surface area contributed by atoms with Gasteiger partial charge in [-0.2, -0.15) is 13.2 Å². The van der Waals surface area contributed by atoms with Crippen molar-refractivity contribution in [3.05, 3.63) is 0 Å². The number of ether oxygens (including phenoxy) is 1. The summed E-state index contributed by atoms with van der Waals surface area (Å²) in [5, 5.41) is 6.43. The quantitative estimate of drug-likeness (QED) is 0.651. The van der Waals surface area contributed by atoms with Crippen molar-refractivity contribution >= 4 is 0 Å². The first kappa shape index (κ1) is 16.7. The van der Waals surface area contributed by atoms with E-state index in [2.05, 4.69) is 36.1 Å². The van der Waals surface area contributed by atoms with E-state index in [9.17, 15) is 13.2 Å². The van der Waals surface area contributed by atoms with Crippen LogP contribution in [0.3, 0.4) is 0 Å². The molecule has 0 amide bonds. The number of rotatable bonds is 8. The molecule has 0 fully saturated rings. The average Bonchev–Trinajstić information content (AvgIpc) is 2.11. The molecule has 0 saturated heterocycles. The van der Waals surface area contributed by atoms with Crippen LogP contribution < -0.4 is 10.6 Å². The van der Waals surface area contributed by atoms with Crippen LogP contribution in [0.2, 0.25) is 0 Å². The zero-order chi connectivity index (χ0) is 13.4. The SMILES string of the molecule is CC(C)(C)NCCNCCCOCC(F)(F)F. The van der Waals surface area contributed by atoms with Gasteiger partial charge in [0.2, 0.25) is 0 Å². The molecule has 0 aliphatic rings. The summed E-state index contributed by atoms with van der Waals surface area (Å²) in [6, 6.07) is 0. The lowest BCUT2D eigenvalue weighted by Gasteiger charge is -2.20. The minimum atomic E-state index is -4.22. The Morgan fingerprint density at radius 2 is 1.65 bits per heavy atom. The molecule has 6 heteroatoms. The second-order valence-electron chi connectivity index (χ2n) is 4.95. The van der Waals surface area contributed by atoms with Gasteiger partial charge in [-0.25, -0.2) is 0 Å². The Labute approximate surface area is 101 Å². The van der Waals surface area contributed by atoms with E-state index in [-0.39, 0.29) is 12.1 Å². The maximum absolute atomic E-state index is 11.7. The normalized spacial score (nSPS) is 13.1. The van der Waals surface area contributed by atoms with Crippen LogP contribution in [0.15, 0.2) is 0 Å². The van der Waals surface area contributed by atoms with Crippen molar-refractivity contribution in [1.82, 2.24) is 10.6 Å². The molecular formula is C11H23F3N2O. The number of alkyl halides is 3. The standard InChI is InChI=1S/C11H23F3N2O/c1-10(2,3)16-7-6-15-5-4-8-17-9-11(12,13)14/h15-16H,4-9H2,1-3H3. The minimum Gasteiger partial charge on any atom is -0.372 e. The second-order valence-corrected chi connectivity index (χ2v) is 4.95. The van der Waals surface area contributed by atoms with Gasteiger partial charge in [-0.3, -0.25) is 0 Å². The molecule has 0 bridgehead atoms. The molecule has 0 aromatic heterocycles. The summed E-state index contributed by atoms with van der Waals surface area (Å²) < 4.78 is 39.6. The van der Waals surface area contributed by atoms with Crippen LogP contribution in [0.4, 0.5) is 13.2 Å². The van der Waals surface area contributed by atoms with Crippen molar-refractivity contribution in [2.45, 2.75) is 38.9 Å². The fourth-order valence-corrected chi connectivity index (χ4v) is 1.14. The largest absolute Gasteiger partial charge is 0.411 e. The monoisotopic (exact) mass is 256 g/mol. The number of nitrogens with one attached hydrogen (secondary N) is 2. The van der Waals surface area contributed by atoms with Gasteiger partial charge in [0.25, 0.3) is 0 Å². The third-order valence-electron chi connectivity index (χ3n) is 1.87. The van der Waals surface area contributed by atoms with E-state index in [4.69, 9.17) is 0 Å². The van der Waals surface area contributed by atoms with Crippen molar-refractivity contribution in [2.24, 2.45) is 0 Å². The van der Waals surface area contributed by atoms with E-state index in [1.165, 1.54) is 0 Å². The van der Waals surface area contributed by atoms with E-state index < -0.39 is 12.8 Å². The van der Waals surface area contributed by atoms with Gasteiger partial charge in [-0.15, -0.1) is 0 Å². The molecule has 0 aromatic carbocycles. The van der Waals surface area contributed by atoms with Gasteiger partial charge in [0.1, 0.15) is 6.61 Å². The Kier molecular flexibility index (Phi) is 7.74. The van der Waals surface area contributed by atoms with Crippen LogP contribution in [-0.2, 0) is 4.74 Å². The Balaban J connectivity index is 3.15. The van der Waals surface area contributed by atoms with Crippen LogP contribution >= 0.6 is 0 Å². The summed E-state index contributed by atoms with van der Waals surface area (Å²) in [5.41, 5.74) is 0.0947. The highest BCUT2D eigenvalue weighted by Crippen LogP contribution is 2.14. The Hall–Kier alpha value is -0.330. The molecule has 0 radical (unpaired) electrons. The third-order valence-corrected chi connectivity index (χ3v) is 1.87. The summed E-state index contributed by atoms with van der Waals surface area (Å²) in [6.07, 6.45) is -3.63. The molecule has 0 rings (SSSR count). The van der Waals surface area contributed by atoms with Crippen molar-refractivity contribution < 1.29 is 17.9 Å². The molecule has 0 atom stereocenters. The van der Waals surface area contributed by atoms with Gasteiger partial charge in [0, 0.05) is 25.2 Å². The summed E-state index contributed by atoms with van der Waals surface area (Å²) in [7, 11) is 0. The van der Waals surface area contributed by atoms with Gasteiger partial charge < -0.3 is 15.4 Å². The van der Waals surface area contributed by atoms with E-state index in [1.54, 1.807) is 0 Å².